The van der Waals surface area contributed by atoms with E-state index in [2.05, 4.69) is 5.32 Å². The second kappa shape index (κ2) is 8.57. The van der Waals surface area contributed by atoms with Crippen molar-refractivity contribution >= 4 is 29.9 Å². The molecule has 0 saturated carbocycles. The van der Waals surface area contributed by atoms with Crippen molar-refractivity contribution in [2.75, 3.05) is 13.1 Å². The first-order valence-electron chi connectivity index (χ1n) is 9.25. The van der Waals surface area contributed by atoms with Gasteiger partial charge in [0.15, 0.2) is 0 Å². The Balaban J connectivity index is 0.00000240. The molecule has 2 aromatic carbocycles. The molecule has 4 nitrogen and oxygen atoms in total. The van der Waals surface area contributed by atoms with Gasteiger partial charge in [-0.05, 0) is 43.7 Å². The Morgan fingerprint density at radius 1 is 1.24 bits per heavy atom. The third kappa shape index (κ3) is 3.90. The molecule has 1 atom stereocenters. The van der Waals surface area contributed by atoms with E-state index in [1.54, 1.807) is 6.07 Å². The molecule has 0 spiro atoms. The standard InChI is InChI=1S/C22H21ClFN3O.ClH/c1-13-3-2-4-14(9-13)20-18(17-10-15(23)5-6-19(17)24)12-27-16(7-8-25)11-26-22(28)21(20)27;/h2-6,9-10,12,16H,7-8,11,25H2,1H3,(H,26,28);1H. The van der Waals surface area contributed by atoms with E-state index in [1.807, 2.05) is 42.0 Å². The first-order chi connectivity index (χ1) is 13.5. The predicted molar refractivity (Wildman–Crippen MR) is 117 cm³/mol. The van der Waals surface area contributed by atoms with E-state index >= 15 is 0 Å². The van der Waals surface area contributed by atoms with Crippen molar-refractivity contribution < 1.29 is 9.18 Å². The Hall–Kier alpha value is -2.34. The van der Waals surface area contributed by atoms with Crippen LogP contribution in [0.2, 0.25) is 5.02 Å². The second-order valence-corrected chi connectivity index (χ2v) is 7.54. The molecule has 0 saturated heterocycles. The van der Waals surface area contributed by atoms with E-state index in [0.29, 0.717) is 46.9 Å². The molecule has 4 rings (SSSR count). The molecule has 3 aromatic rings. The van der Waals surface area contributed by atoms with Crippen LogP contribution in [-0.2, 0) is 0 Å². The lowest BCUT2D eigenvalue weighted by Crippen LogP contribution is -2.39. The fraction of sp³-hybridized carbons (Fsp3) is 0.227. The van der Waals surface area contributed by atoms with Crippen LogP contribution in [0.4, 0.5) is 4.39 Å². The Labute approximate surface area is 180 Å². The van der Waals surface area contributed by atoms with Crippen LogP contribution in [0.15, 0.2) is 48.7 Å². The molecule has 0 radical (unpaired) electrons. The maximum atomic E-state index is 14.7. The molecule has 7 heteroatoms. The summed E-state index contributed by atoms with van der Waals surface area (Å²) in [6, 6.07) is 12.4. The normalized spacial score (nSPS) is 15.4. The zero-order valence-electron chi connectivity index (χ0n) is 15.9. The van der Waals surface area contributed by atoms with Crippen LogP contribution in [0, 0.1) is 12.7 Å². The third-order valence-electron chi connectivity index (χ3n) is 5.16. The van der Waals surface area contributed by atoms with Crippen molar-refractivity contribution in [2.45, 2.75) is 19.4 Å². The molecule has 152 valence electrons. The second-order valence-electron chi connectivity index (χ2n) is 7.11. The van der Waals surface area contributed by atoms with E-state index in [1.165, 1.54) is 12.1 Å². The first kappa shape index (κ1) is 21.4. The molecule has 0 aliphatic carbocycles. The number of carbonyl (C=O) groups is 1. The smallest absolute Gasteiger partial charge is 0.268 e. The number of aryl methyl sites for hydroxylation is 1. The van der Waals surface area contributed by atoms with Crippen molar-refractivity contribution in [1.82, 2.24) is 9.88 Å². The topological polar surface area (TPSA) is 60.0 Å². The van der Waals surface area contributed by atoms with Crippen molar-refractivity contribution in [3.8, 4) is 22.3 Å². The molecule has 0 fully saturated rings. The van der Waals surface area contributed by atoms with Gasteiger partial charge < -0.3 is 15.6 Å². The van der Waals surface area contributed by atoms with Crippen LogP contribution in [0.25, 0.3) is 22.3 Å². The maximum Gasteiger partial charge on any atom is 0.268 e. The summed E-state index contributed by atoms with van der Waals surface area (Å²) in [5.74, 6) is -0.546. The van der Waals surface area contributed by atoms with Gasteiger partial charge in [0.25, 0.3) is 5.91 Å². The van der Waals surface area contributed by atoms with Gasteiger partial charge in [-0.15, -0.1) is 12.4 Å². The lowest BCUT2D eigenvalue weighted by molar-refractivity contribution is 0.0914. The lowest BCUT2D eigenvalue weighted by Gasteiger charge is -2.26. The number of amides is 1. The highest BCUT2D eigenvalue weighted by molar-refractivity contribution is 6.30. The molecule has 1 unspecified atom stereocenters. The summed E-state index contributed by atoms with van der Waals surface area (Å²) in [5, 5.41) is 3.40. The largest absolute Gasteiger partial charge is 0.349 e. The summed E-state index contributed by atoms with van der Waals surface area (Å²) < 4.78 is 16.7. The summed E-state index contributed by atoms with van der Waals surface area (Å²) in [6.07, 6.45) is 2.58. The molecular weight excluding hydrogens is 412 g/mol. The number of hydrogen-bond donors (Lipinski definition) is 2. The molecule has 3 N–H and O–H groups in total. The average Bonchev–Trinajstić information content (AvgIpc) is 3.07. The zero-order valence-corrected chi connectivity index (χ0v) is 17.5. The minimum Gasteiger partial charge on any atom is -0.349 e. The molecular formula is C22H22Cl2FN3O. The Bertz CT molecular complexity index is 1060. The number of rotatable bonds is 4. The van der Waals surface area contributed by atoms with Gasteiger partial charge in [-0.25, -0.2) is 4.39 Å². The quantitative estimate of drug-likeness (QED) is 0.609. The Morgan fingerprint density at radius 3 is 2.76 bits per heavy atom. The van der Waals surface area contributed by atoms with Gasteiger partial charge in [0.2, 0.25) is 0 Å². The van der Waals surface area contributed by atoms with Gasteiger partial charge in [0.1, 0.15) is 11.5 Å². The van der Waals surface area contributed by atoms with Gasteiger partial charge in [0.05, 0.1) is 6.04 Å². The number of nitrogens with zero attached hydrogens (tertiary/aromatic N) is 1. The van der Waals surface area contributed by atoms with E-state index in [4.69, 9.17) is 17.3 Å². The van der Waals surface area contributed by atoms with Crippen molar-refractivity contribution in [3.63, 3.8) is 0 Å². The number of hydrogen-bond acceptors (Lipinski definition) is 2. The van der Waals surface area contributed by atoms with Crippen molar-refractivity contribution in [1.29, 1.82) is 0 Å². The van der Waals surface area contributed by atoms with Gasteiger partial charge in [-0.1, -0.05) is 41.4 Å². The van der Waals surface area contributed by atoms with Crippen LogP contribution in [0.5, 0.6) is 0 Å². The summed E-state index contributed by atoms with van der Waals surface area (Å²) in [4.78, 5) is 12.8. The SMILES string of the molecule is Cc1cccc(-c2c(-c3cc(Cl)ccc3F)cn3c2C(=O)NCC3CCN)c1.Cl. The van der Waals surface area contributed by atoms with E-state index in [0.717, 1.165) is 11.1 Å². The minimum absolute atomic E-state index is 0. The van der Waals surface area contributed by atoms with Crippen molar-refractivity contribution in [3.05, 3.63) is 70.8 Å². The summed E-state index contributed by atoms with van der Waals surface area (Å²) in [7, 11) is 0. The number of benzene rings is 2. The monoisotopic (exact) mass is 433 g/mol. The summed E-state index contributed by atoms with van der Waals surface area (Å²) >= 11 is 6.15. The number of nitrogens with two attached hydrogens (primary N) is 1. The Kier molecular flexibility index (Phi) is 6.32. The van der Waals surface area contributed by atoms with E-state index in [9.17, 15) is 9.18 Å². The lowest BCUT2D eigenvalue weighted by atomic mass is 9.95. The highest BCUT2D eigenvalue weighted by Crippen LogP contribution is 2.41. The molecule has 29 heavy (non-hydrogen) atoms. The number of fused-ring (bicyclic) bond motifs is 1. The Morgan fingerprint density at radius 2 is 2.03 bits per heavy atom. The maximum absolute atomic E-state index is 14.7. The average molecular weight is 434 g/mol. The first-order valence-corrected chi connectivity index (χ1v) is 9.63. The van der Waals surface area contributed by atoms with Crippen LogP contribution >= 0.6 is 24.0 Å². The zero-order chi connectivity index (χ0) is 19.8. The number of nitrogens with one attached hydrogen (secondary N) is 1. The summed E-state index contributed by atoms with van der Waals surface area (Å²) in [5.41, 5.74) is 9.98. The third-order valence-corrected chi connectivity index (χ3v) is 5.40. The molecule has 1 amide bonds. The predicted octanol–water partition coefficient (Wildman–Crippen LogP) is 4.98. The number of aromatic nitrogens is 1. The fourth-order valence-corrected chi connectivity index (χ4v) is 4.04. The molecule has 1 aliphatic heterocycles. The number of halogens is 3. The highest BCUT2D eigenvalue weighted by atomic mass is 35.5. The number of carbonyl (C=O) groups excluding carboxylic acids is 1. The van der Waals surface area contributed by atoms with Gasteiger partial charge >= 0.3 is 0 Å². The molecule has 0 bridgehead atoms. The molecule has 2 heterocycles. The van der Waals surface area contributed by atoms with E-state index < -0.39 is 0 Å². The van der Waals surface area contributed by atoms with E-state index in [-0.39, 0.29) is 30.2 Å². The highest BCUT2D eigenvalue weighted by Gasteiger charge is 2.31. The summed E-state index contributed by atoms with van der Waals surface area (Å²) in [6.45, 7) is 2.99. The molecule has 1 aromatic heterocycles. The minimum atomic E-state index is -0.378. The van der Waals surface area contributed by atoms with Crippen molar-refractivity contribution in [2.24, 2.45) is 5.73 Å². The van der Waals surface area contributed by atoms with Crippen LogP contribution in [-0.4, -0.2) is 23.6 Å². The van der Waals surface area contributed by atoms with Crippen LogP contribution < -0.4 is 11.1 Å². The van der Waals surface area contributed by atoms with Gasteiger partial charge in [-0.3, -0.25) is 4.79 Å². The van der Waals surface area contributed by atoms with Gasteiger partial charge in [-0.2, -0.15) is 0 Å². The van der Waals surface area contributed by atoms with Crippen LogP contribution in [0.3, 0.4) is 0 Å². The van der Waals surface area contributed by atoms with Gasteiger partial charge in [0, 0.05) is 34.5 Å². The van der Waals surface area contributed by atoms with Crippen LogP contribution in [0.1, 0.15) is 28.5 Å². The fourth-order valence-electron chi connectivity index (χ4n) is 3.87. The molecule has 1 aliphatic rings.